The van der Waals surface area contributed by atoms with E-state index in [4.69, 9.17) is 0 Å². The molecule has 132 valence electrons. The van der Waals surface area contributed by atoms with E-state index >= 15 is 0 Å². The number of benzene rings is 2. The molecule has 0 aromatic heterocycles. The first-order valence-corrected chi connectivity index (χ1v) is 9.21. The van der Waals surface area contributed by atoms with Crippen molar-refractivity contribution >= 4 is 6.08 Å². The molecule has 1 saturated heterocycles. The molecule has 25 heavy (non-hydrogen) atoms. The Bertz CT molecular complexity index is 661. The second kappa shape index (κ2) is 9.52. The van der Waals surface area contributed by atoms with E-state index in [2.05, 4.69) is 70.9 Å². The van der Waals surface area contributed by atoms with Gasteiger partial charge < -0.3 is 10.4 Å². The molecule has 0 radical (unpaired) electrons. The smallest absolute Gasteiger partial charge is 0.0564 e. The van der Waals surface area contributed by atoms with Gasteiger partial charge in [0.15, 0.2) is 0 Å². The maximum absolute atomic E-state index is 9.65. The molecule has 1 aliphatic rings. The van der Waals surface area contributed by atoms with Crippen LogP contribution in [0.15, 0.2) is 60.7 Å². The molecule has 2 N–H and O–H groups in total. The van der Waals surface area contributed by atoms with Gasteiger partial charge in [-0.2, -0.15) is 0 Å². The molecule has 0 amide bonds. The minimum absolute atomic E-state index is 0.107. The predicted octanol–water partition coefficient (Wildman–Crippen LogP) is 3.45. The highest BCUT2D eigenvalue weighted by molar-refractivity contribution is 5.48. The number of likely N-dealkylation sites (tertiary alicyclic amines) is 1. The maximum atomic E-state index is 9.65. The summed E-state index contributed by atoms with van der Waals surface area (Å²) in [5.41, 5.74) is 3.98. The van der Waals surface area contributed by atoms with Gasteiger partial charge in [-0.25, -0.2) is 0 Å². The van der Waals surface area contributed by atoms with Crippen LogP contribution < -0.4 is 5.32 Å². The highest BCUT2D eigenvalue weighted by atomic mass is 16.3. The number of piperidine rings is 1. The Morgan fingerprint density at radius 3 is 2.40 bits per heavy atom. The van der Waals surface area contributed by atoms with Crippen LogP contribution in [0.25, 0.3) is 6.08 Å². The van der Waals surface area contributed by atoms with Gasteiger partial charge in [0, 0.05) is 32.7 Å². The molecular weight excluding hydrogens is 308 g/mol. The molecule has 0 unspecified atom stereocenters. The van der Waals surface area contributed by atoms with Crippen molar-refractivity contribution in [2.24, 2.45) is 0 Å². The molecule has 0 spiro atoms. The Labute approximate surface area is 151 Å². The largest absolute Gasteiger partial charge is 0.393 e. The van der Waals surface area contributed by atoms with Gasteiger partial charge in [0.2, 0.25) is 0 Å². The summed E-state index contributed by atoms with van der Waals surface area (Å²) in [6.07, 6.45) is 6.00. The monoisotopic (exact) mass is 336 g/mol. The average Bonchev–Trinajstić information content (AvgIpc) is 2.65. The zero-order chi connectivity index (χ0) is 17.3. The lowest BCUT2D eigenvalue weighted by Crippen LogP contribution is -2.35. The lowest BCUT2D eigenvalue weighted by molar-refractivity contribution is 0.0791. The van der Waals surface area contributed by atoms with Crippen molar-refractivity contribution in [3.8, 4) is 0 Å². The van der Waals surface area contributed by atoms with Crippen LogP contribution in [0.3, 0.4) is 0 Å². The third kappa shape index (κ3) is 5.82. The first kappa shape index (κ1) is 17.9. The minimum Gasteiger partial charge on any atom is -0.393 e. The van der Waals surface area contributed by atoms with Gasteiger partial charge in [-0.3, -0.25) is 4.90 Å². The zero-order valence-electron chi connectivity index (χ0n) is 14.8. The van der Waals surface area contributed by atoms with E-state index in [1.165, 1.54) is 16.7 Å². The topological polar surface area (TPSA) is 35.5 Å². The van der Waals surface area contributed by atoms with Crippen LogP contribution in [0.4, 0.5) is 0 Å². The van der Waals surface area contributed by atoms with E-state index < -0.39 is 0 Å². The van der Waals surface area contributed by atoms with Gasteiger partial charge in [-0.05, 0) is 29.5 Å². The Morgan fingerprint density at radius 1 is 0.960 bits per heavy atom. The first-order chi connectivity index (χ1) is 12.3. The van der Waals surface area contributed by atoms with Crippen LogP contribution in [0.1, 0.15) is 29.5 Å². The Balaban J connectivity index is 1.48. The SMILES string of the molecule is OC1CCN(Cc2ccccc2CNC/C=C/c2ccccc2)CC1. The predicted molar refractivity (Wildman–Crippen MR) is 104 cm³/mol. The van der Waals surface area contributed by atoms with Crippen LogP contribution in [0.2, 0.25) is 0 Å². The Kier molecular flexibility index (Phi) is 6.80. The minimum atomic E-state index is -0.107. The fourth-order valence-corrected chi connectivity index (χ4v) is 3.25. The highest BCUT2D eigenvalue weighted by Crippen LogP contribution is 2.16. The van der Waals surface area contributed by atoms with Crippen molar-refractivity contribution in [3.63, 3.8) is 0 Å². The summed E-state index contributed by atoms with van der Waals surface area (Å²) < 4.78 is 0. The second-order valence-electron chi connectivity index (χ2n) is 6.72. The first-order valence-electron chi connectivity index (χ1n) is 9.21. The van der Waals surface area contributed by atoms with Crippen molar-refractivity contribution in [2.45, 2.75) is 32.0 Å². The van der Waals surface area contributed by atoms with Crippen LogP contribution in [0.5, 0.6) is 0 Å². The lowest BCUT2D eigenvalue weighted by atomic mass is 10.0. The summed E-state index contributed by atoms with van der Waals surface area (Å²) in [5, 5.41) is 13.2. The van der Waals surface area contributed by atoms with E-state index in [0.29, 0.717) is 0 Å². The molecule has 2 aromatic rings. The van der Waals surface area contributed by atoms with Crippen molar-refractivity contribution in [1.29, 1.82) is 0 Å². The number of rotatable bonds is 7. The summed E-state index contributed by atoms with van der Waals surface area (Å²) in [6.45, 7) is 4.70. The number of nitrogens with one attached hydrogen (secondary N) is 1. The summed E-state index contributed by atoms with van der Waals surface area (Å²) in [7, 11) is 0. The van der Waals surface area contributed by atoms with Crippen molar-refractivity contribution in [1.82, 2.24) is 10.2 Å². The van der Waals surface area contributed by atoms with Crippen molar-refractivity contribution < 1.29 is 5.11 Å². The van der Waals surface area contributed by atoms with Gasteiger partial charge in [0.1, 0.15) is 0 Å². The number of nitrogens with zero attached hydrogens (tertiary/aromatic N) is 1. The molecule has 3 nitrogen and oxygen atoms in total. The van der Waals surface area contributed by atoms with Crippen molar-refractivity contribution in [2.75, 3.05) is 19.6 Å². The average molecular weight is 336 g/mol. The van der Waals surface area contributed by atoms with E-state index in [-0.39, 0.29) is 6.10 Å². The quantitative estimate of drug-likeness (QED) is 0.760. The van der Waals surface area contributed by atoms with Gasteiger partial charge >= 0.3 is 0 Å². The standard InChI is InChI=1S/C22H28N2O/c25-22-12-15-24(16-13-22)18-21-11-5-4-10-20(21)17-23-14-6-9-19-7-2-1-3-8-19/h1-11,22-23,25H,12-18H2/b9-6+. The van der Waals surface area contributed by atoms with Gasteiger partial charge in [-0.1, -0.05) is 66.7 Å². The normalized spacial score (nSPS) is 16.5. The molecule has 1 fully saturated rings. The molecule has 0 bridgehead atoms. The maximum Gasteiger partial charge on any atom is 0.0564 e. The van der Waals surface area contributed by atoms with Gasteiger partial charge in [-0.15, -0.1) is 0 Å². The third-order valence-electron chi connectivity index (χ3n) is 4.76. The summed E-state index contributed by atoms with van der Waals surface area (Å²) >= 11 is 0. The number of hydrogen-bond acceptors (Lipinski definition) is 3. The number of aliphatic hydroxyl groups excluding tert-OH is 1. The van der Waals surface area contributed by atoms with Crippen LogP contribution in [0, 0.1) is 0 Å². The summed E-state index contributed by atoms with van der Waals surface area (Å²) in [6, 6.07) is 19.0. The summed E-state index contributed by atoms with van der Waals surface area (Å²) in [5.74, 6) is 0. The fraction of sp³-hybridized carbons (Fsp3) is 0.364. The van der Waals surface area contributed by atoms with Gasteiger partial charge in [0.05, 0.1) is 6.10 Å². The summed E-state index contributed by atoms with van der Waals surface area (Å²) in [4.78, 5) is 2.45. The number of aliphatic hydroxyl groups is 1. The van der Waals surface area contributed by atoms with Crippen LogP contribution >= 0.6 is 0 Å². The third-order valence-corrected chi connectivity index (χ3v) is 4.76. The highest BCUT2D eigenvalue weighted by Gasteiger charge is 2.17. The second-order valence-corrected chi connectivity index (χ2v) is 6.72. The molecule has 3 heteroatoms. The van der Waals surface area contributed by atoms with E-state index in [1.807, 2.05) is 6.07 Å². The van der Waals surface area contributed by atoms with Gasteiger partial charge in [0.25, 0.3) is 0 Å². The Hall–Kier alpha value is -1.94. The fourth-order valence-electron chi connectivity index (χ4n) is 3.25. The van der Waals surface area contributed by atoms with Crippen LogP contribution in [-0.2, 0) is 13.1 Å². The lowest BCUT2D eigenvalue weighted by Gasteiger charge is -2.30. The molecule has 2 aromatic carbocycles. The van der Waals surface area contributed by atoms with Crippen LogP contribution in [-0.4, -0.2) is 35.7 Å². The molecule has 0 aliphatic carbocycles. The molecule has 0 atom stereocenters. The zero-order valence-corrected chi connectivity index (χ0v) is 14.8. The Morgan fingerprint density at radius 2 is 1.64 bits per heavy atom. The molecule has 3 rings (SSSR count). The molecule has 1 aliphatic heterocycles. The van der Waals surface area contributed by atoms with E-state index in [9.17, 15) is 5.11 Å². The van der Waals surface area contributed by atoms with E-state index in [1.54, 1.807) is 0 Å². The van der Waals surface area contributed by atoms with E-state index in [0.717, 1.165) is 45.6 Å². The van der Waals surface area contributed by atoms with Crippen molar-refractivity contribution in [3.05, 3.63) is 77.4 Å². The molecule has 1 heterocycles. The number of hydrogen-bond donors (Lipinski definition) is 2. The molecule has 0 saturated carbocycles. The molecular formula is C22H28N2O.